The summed E-state index contributed by atoms with van der Waals surface area (Å²) < 4.78 is 86.2. The minimum atomic E-state index is -5.21. The summed E-state index contributed by atoms with van der Waals surface area (Å²) in [6, 6.07) is 3.67. The first-order chi connectivity index (χ1) is 20.1. The number of furan rings is 1. The summed E-state index contributed by atoms with van der Waals surface area (Å²) in [6.45, 7) is 0.00717. The van der Waals surface area contributed by atoms with Crippen molar-refractivity contribution in [3.8, 4) is 0 Å². The van der Waals surface area contributed by atoms with Gasteiger partial charge in [-0.25, -0.2) is 4.90 Å². The van der Waals surface area contributed by atoms with Crippen molar-refractivity contribution in [2.45, 2.75) is 51.2 Å². The van der Waals surface area contributed by atoms with Crippen LogP contribution >= 0.6 is 0 Å². The van der Waals surface area contributed by atoms with Crippen LogP contribution in [0.3, 0.4) is 0 Å². The van der Waals surface area contributed by atoms with E-state index in [0.717, 1.165) is 5.57 Å². The van der Waals surface area contributed by atoms with Crippen molar-refractivity contribution in [3.63, 3.8) is 0 Å². The number of anilines is 1. The molecule has 4 atom stereocenters. The molecular formula is C29H29F6NO7. The molecule has 0 saturated carbocycles. The summed E-state index contributed by atoms with van der Waals surface area (Å²) in [5.41, 5.74) is -3.33. The maximum absolute atomic E-state index is 13.5. The van der Waals surface area contributed by atoms with Gasteiger partial charge in [0, 0.05) is 5.92 Å². The van der Waals surface area contributed by atoms with Gasteiger partial charge in [-0.1, -0.05) is 5.57 Å². The van der Waals surface area contributed by atoms with Gasteiger partial charge in [-0.3, -0.25) is 9.59 Å². The number of hydrogen-bond donors (Lipinski definition) is 4. The van der Waals surface area contributed by atoms with Gasteiger partial charge in [-0.05, 0) is 73.7 Å². The maximum Gasteiger partial charge on any atom is 0.416 e. The van der Waals surface area contributed by atoms with Gasteiger partial charge in [-0.2, -0.15) is 26.3 Å². The zero-order valence-electron chi connectivity index (χ0n) is 22.7. The Kier molecular flexibility index (Phi) is 9.26. The van der Waals surface area contributed by atoms with Crippen LogP contribution < -0.4 is 4.90 Å². The Morgan fingerprint density at radius 3 is 2.14 bits per heavy atom. The number of hydrogen-bond acceptors (Lipinski definition) is 7. The number of fused-ring (bicyclic) bond motifs is 1. The molecule has 0 spiro atoms. The Labute approximate surface area is 241 Å². The number of carbonyl (C=O) groups is 2. The average Bonchev–Trinajstić information content (AvgIpc) is 3.50. The standard InChI is InChI=1S/C29H29F6NO7/c1-14(6-19-3-4-20(12-38)43-19)2-5-23(40)24-15(11-37)7-21-25(22(24)13-39)27(42)36(26(21)41)18-9-16(28(30,31)32)8-17(10-18)29(33,34)35/h3-4,6,8-10,21-23,25,37-40H,2,5,7,11-13H2,1H3/b14-6+/t21-,22+,23-,25-/m1/s1. The second kappa shape index (κ2) is 12.3. The quantitative estimate of drug-likeness (QED) is 0.186. The molecule has 2 heterocycles. The lowest BCUT2D eigenvalue weighted by Gasteiger charge is -2.36. The van der Waals surface area contributed by atoms with Gasteiger partial charge >= 0.3 is 12.4 Å². The Balaban J connectivity index is 1.64. The fourth-order valence-corrected chi connectivity index (χ4v) is 5.82. The van der Waals surface area contributed by atoms with Crippen LogP contribution in [-0.2, 0) is 28.5 Å². The predicted molar refractivity (Wildman–Crippen MR) is 139 cm³/mol. The second-order valence-corrected chi connectivity index (χ2v) is 10.6. The summed E-state index contributed by atoms with van der Waals surface area (Å²) in [5, 5.41) is 40.6. The van der Waals surface area contributed by atoms with E-state index in [1.54, 1.807) is 25.1 Å². The summed E-state index contributed by atoms with van der Waals surface area (Å²) in [6.07, 6.45) is -10.0. The smallest absolute Gasteiger partial charge is 0.416 e. The number of halogens is 6. The third kappa shape index (κ3) is 6.56. The molecule has 8 nitrogen and oxygen atoms in total. The Hall–Kier alpha value is -3.46. The van der Waals surface area contributed by atoms with Crippen molar-refractivity contribution >= 4 is 23.6 Å². The molecule has 1 aromatic carbocycles. The van der Waals surface area contributed by atoms with E-state index in [2.05, 4.69) is 0 Å². The SMILES string of the molecule is C/C(=C\c1ccc(CO)o1)CC[C@@H](O)C1=C(CO)C[C@H]2C(=O)N(c3cc(C(F)(F)F)cc(C(F)(F)F)c3)C(=O)[C@H]2[C@H]1CO. The van der Waals surface area contributed by atoms with Crippen molar-refractivity contribution < 1.29 is 60.8 Å². The lowest BCUT2D eigenvalue weighted by atomic mass is 9.68. The highest BCUT2D eigenvalue weighted by molar-refractivity contribution is 6.22. The molecular weight excluding hydrogens is 588 g/mol. The first-order valence-corrected chi connectivity index (χ1v) is 13.3. The zero-order valence-corrected chi connectivity index (χ0v) is 22.7. The third-order valence-corrected chi connectivity index (χ3v) is 7.80. The Bertz CT molecular complexity index is 1410. The predicted octanol–water partition coefficient (Wildman–Crippen LogP) is 4.46. The summed E-state index contributed by atoms with van der Waals surface area (Å²) in [4.78, 5) is 27.1. The highest BCUT2D eigenvalue weighted by Gasteiger charge is 2.55. The topological polar surface area (TPSA) is 131 Å². The van der Waals surface area contributed by atoms with E-state index >= 15 is 0 Å². The largest absolute Gasteiger partial charge is 0.459 e. The van der Waals surface area contributed by atoms with Gasteiger partial charge < -0.3 is 24.8 Å². The van der Waals surface area contributed by atoms with E-state index in [-0.39, 0.29) is 60.1 Å². The maximum atomic E-state index is 13.5. The van der Waals surface area contributed by atoms with Crippen LogP contribution in [0.25, 0.3) is 6.08 Å². The van der Waals surface area contributed by atoms with Crippen molar-refractivity contribution in [3.05, 3.63) is 69.7 Å². The van der Waals surface area contributed by atoms with Crippen LogP contribution in [0.5, 0.6) is 0 Å². The first kappa shape index (κ1) is 32.5. The molecule has 0 radical (unpaired) electrons. The van der Waals surface area contributed by atoms with Crippen LogP contribution in [0.15, 0.2) is 51.5 Å². The minimum absolute atomic E-state index is 0.0526. The molecule has 2 amide bonds. The van der Waals surface area contributed by atoms with Gasteiger partial charge in [0.25, 0.3) is 0 Å². The summed E-state index contributed by atoms with van der Waals surface area (Å²) >= 11 is 0. The molecule has 1 saturated heterocycles. The van der Waals surface area contributed by atoms with E-state index in [1.165, 1.54) is 0 Å². The Morgan fingerprint density at radius 1 is 1.00 bits per heavy atom. The fraction of sp³-hybridized carbons (Fsp3) is 0.448. The van der Waals surface area contributed by atoms with Crippen molar-refractivity contribution in [2.24, 2.45) is 17.8 Å². The molecule has 2 aromatic rings. The monoisotopic (exact) mass is 617 g/mol. The molecule has 0 bridgehead atoms. The zero-order chi connectivity index (χ0) is 31.9. The van der Waals surface area contributed by atoms with E-state index in [1.807, 2.05) is 0 Å². The van der Waals surface area contributed by atoms with Gasteiger partial charge in [0.05, 0.1) is 48.0 Å². The van der Waals surface area contributed by atoms with Gasteiger partial charge in [0.1, 0.15) is 18.1 Å². The molecule has 4 rings (SSSR count). The normalized spacial score (nSPS) is 22.4. The van der Waals surface area contributed by atoms with Gasteiger partial charge in [-0.15, -0.1) is 0 Å². The van der Waals surface area contributed by atoms with Crippen molar-refractivity contribution in [1.82, 2.24) is 0 Å². The number of alkyl halides is 6. The second-order valence-electron chi connectivity index (χ2n) is 10.6. The lowest BCUT2D eigenvalue weighted by molar-refractivity contribution is -0.143. The molecule has 1 aromatic heterocycles. The number of imide groups is 1. The van der Waals surface area contributed by atoms with Gasteiger partial charge in [0.15, 0.2) is 0 Å². The minimum Gasteiger partial charge on any atom is -0.459 e. The van der Waals surface area contributed by atoms with Gasteiger partial charge in [0.2, 0.25) is 11.8 Å². The fourth-order valence-electron chi connectivity index (χ4n) is 5.82. The number of rotatable bonds is 9. The highest BCUT2D eigenvalue weighted by Crippen LogP contribution is 2.48. The van der Waals surface area contributed by atoms with E-state index in [4.69, 9.17) is 9.52 Å². The van der Waals surface area contributed by atoms with E-state index in [0.29, 0.717) is 11.5 Å². The molecule has 1 fully saturated rings. The van der Waals surface area contributed by atoms with E-state index < -0.39 is 78.1 Å². The number of aliphatic hydroxyl groups excluding tert-OH is 4. The Morgan fingerprint density at radius 2 is 1.63 bits per heavy atom. The van der Waals surface area contributed by atoms with Crippen LogP contribution in [0.4, 0.5) is 32.0 Å². The van der Waals surface area contributed by atoms with Crippen molar-refractivity contribution in [1.29, 1.82) is 0 Å². The lowest BCUT2D eigenvalue weighted by Crippen LogP contribution is -2.39. The summed E-state index contributed by atoms with van der Waals surface area (Å²) in [7, 11) is 0. The molecule has 2 aliphatic rings. The number of aliphatic hydroxyl groups is 4. The van der Waals surface area contributed by atoms with Crippen LogP contribution in [0.2, 0.25) is 0 Å². The highest BCUT2D eigenvalue weighted by atomic mass is 19.4. The molecule has 14 heteroatoms. The first-order valence-electron chi connectivity index (χ1n) is 13.3. The molecule has 1 aliphatic carbocycles. The average molecular weight is 618 g/mol. The molecule has 43 heavy (non-hydrogen) atoms. The molecule has 234 valence electrons. The third-order valence-electron chi connectivity index (χ3n) is 7.80. The molecule has 1 aliphatic heterocycles. The molecule has 4 N–H and O–H groups in total. The van der Waals surface area contributed by atoms with Crippen LogP contribution in [0.1, 0.15) is 48.8 Å². The number of nitrogens with zero attached hydrogens (tertiary/aromatic N) is 1. The summed E-state index contributed by atoms with van der Waals surface area (Å²) in [5.74, 6) is -5.28. The molecule has 0 unspecified atom stereocenters. The number of allylic oxidation sites excluding steroid dienone is 1. The van der Waals surface area contributed by atoms with Crippen molar-refractivity contribution in [2.75, 3.05) is 18.1 Å². The van der Waals surface area contributed by atoms with Crippen LogP contribution in [-0.4, -0.2) is 51.6 Å². The van der Waals surface area contributed by atoms with E-state index in [9.17, 15) is 51.3 Å². The number of amides is 2. The number of carbonyl (C=O) groups excluding carboxylic acids is 2. The van der Waals surface area contributed by atoms with Crippen LogP contribution in [0, 0.1) is 17.8 Å². The number of benzene rings is 1.